The fraction of sp³-hybridized carbons (Fsp3) is 0.364. The lowest BCUT2D eigenvalue weighted by Gasteiger charge is -2.09. The molecule has 4 heteroatoms. The molecule has 0 aromatic heterocycles. The number of carbonyl (C=O) groups excluding carboxylic acids is 1. The number of rotatable bonds is 4. The topological polar surface area (TPSA) is 64.3 Å². The van der Waals surface area contributed by atoms with Gasteiger partial charge in [0.2, 0.25) is 5.91 Å². The Labute approximate surface area is 89.4 Å². The van der Waals surface area contributed by atoms with Gasteiger partial charge in [0, 0.05) is 18.5 Å². The van der Waals surface area contributed by atoms with Crippen LogP contribution in [0, 0.1) is 6.92 Å². The maximum absolute atomic E-state index is 11.4. The van der Waals surface area contributed by atoms with Crippen LogP contribution in [0.4, 0.5) is 11.4 Å². The first-order chi connectivity index (χ1) is 7.15. The number of nitrogens with one attached hydrogen (secondary N) is 1. The number of hydrogen-bond donors (Lipinski definition) is 2. The van der Waals surface area contributed by atoms with E-state index >= 15 is 0 Å². The minimum atomic E-state index is -0.0643. The second-order valence-corrected chi connectivity index (χ2v) is 3.31. The zero-order chi connectivity index (χ0) is 11.3. The summed E-state index contributed by atoms with van der Waals surface area (Å²) in [4.78, 5) is 11.4. The summed E-state index contributed by atoms with van der Waals surface area (Å²) in [6, 6.07) is 5.45. The molecule has 4 nitrogen and oxygen atoms in total. The second kappa shape index (κ2) is 5.36. The number of anilines is 2. The van der Waals surface area contributed by atoms with Gasteiger partial charge < -0.3 is 15.8 Å². The zero-order valence-corrected chi connectivity index (χ0v) is 9.04. The Morgan fingerprint density at radius 1 is 1.53 bits per heavy atom. The maximum Gasteiger partial charge on any atom is 0.226 e. The monoisotopic (exact) mass is 208 g/mol. The van der Waals surface area contributed by atoms with Gasteiger partial charge in [-0.3, -0.25) is 4.79 Å². The molecule has 0 fully saturated rings. The Bertz CT molecular complexity index is 350. The first kappa shape index (κ1) is 11.5. The molecule has 0 heterocycles. The number of nitrogens with two attached hydrogens (primary N) is 1. The van der Waals surface area contributed by atoms with Crippen LogP contribution in [0.2, 0.25) is 0 Å². The van der Waals surface area contributed by atoms with Crippen LogP contribution in [0.25, 0.3) is 0 Å². The minimum Gasteiger partial charge on any atom is -0.398 e. The van der Waals surface area contributed by atoms with Crippen LogP contribution in [0.15, 0.2) is 18.2 Å². The van der Waals surface area contributed by atoms with Crippen molar-refractivity contribution in [2.45, 2.75) is 13.3 Å². The number of benzene rings is 1. The number of carbonyl (C=O) groups is 1. The van der Waals surface area contributed by atoms with Crippen LogP contribution >= 0.6 is 0 Å². The summed E-state index contributed by atoms with van der Waals surface area (Å²) in [5.74, 6) is -0.0643. The molecule has 0 saturated heterocycles. The Balaban J connectivity index is 2.64. The second-order valence-electron chi connectivity index (χ2n) is 3.31. The molecule has 82 valence electrons. The Kier molecular flexibility index (Phi) is 4.12. The van der Waals surface area contributed by atoms with E-state index in [4.69, 9.17) is 10.5 Å². The number of hydrogen-bond acceptors (Lipinski definition) is 3. The van der Waals surface area contributed by atoms with Gasteiger partial charge in [-0.25, -0.2) is 0 Å². The third-order valence-corrected chi connectivity index (χ3v) is 2.18. The Morgan fingerprint density at radius 2 is 2.27 bits per heavy atom. The molecule has 1 rings (SSSR count). The molecule has 15 heavy (non-hydrogen) atoms. The SMILES string of the molecule is COCCC(=O)Nc1cccc(N)c1C. The smallest absolute Gasteiger partial charge is 0.226 e. The van der Waals surface area contributed by atoms with Crippen molar-refractivity contribution in [3.63, 3.8) is 0 Å². The van der Waals surface area contributed by atoms with Crippen LogP contribution in [0.5, 0.6) is 0 Å². The summed E-state index contributed by atoms with van der Waals surface area (Å²) in [6.45, 7) is 2.30. The maximum atomic E-state index is 11.4. The van der Waals surface area contributed by atoms with Gasteiger partial charge in [-0.15, -0.1) is 0 Å². The Morgan fingerprint density at radius 3 is 2.93 bits per heavy atom. The highest BCUT2D eigenvalue weighted by Gasteiger charge is 2.05. The molecular weight excluding hydrogens is 192 g/mol. The van der Waals surface area contributed by atoms with Crippen LogP contribution in [0.3, 0.4) is 0 Å². The lowest BCUT2D eigenvalue weighted by molar-refractivity contribution is -0.117. The molecule has 0 aliphatic heterocycles. The largest absolute Gasteiger partial charge is 0.398 e. The fourth-order valence-electron chi connectivity index (χ4n) is 1.20. The van der Waals surface area contributed by atoms with E-state index in [1.807, 2.05) is 19.1 Å². The van der Waals surface area contributed by atoms with E-state index in [1.165, 1.54) is 0 Å². The predicted octanol–water partition coefficient (Wildman–Crippen LogP) is 1.55. The van der Waals surface area contributed by atoms with Gasteiger partial charge in [-0.1, -0.05) is 6.07 Å². The van der Waals surface area contributed by atoms with Crippen LogP contribution in [-0.2, 0) is 9.53 Å². The standard InChI is InChI=1S/C11H16N2O2/c1-8-9(12)4-3-5-10(8)13-11(14)6-7-15-2/h3-5H,6-7,12H2,1-2H3,(H,13,14). The number of methoxy groups -OCH3 is 1. The average molecular weight is 208 g/mol. The number of nitrogen functional groups attached to an aromatic ring is 1. The molecule has 3 N–H and O–H groups in total. The van der Waals surface area contributed by atoms with E-state index in [1.54, 1.807) is 13.2 Å². The molecule has 0 unspecified atom stereocenters. The lowest BCUT2D eigenvalue weighted by atomic mass is 10.1. The molecule has 0 radical (unpaired) electrons. The highest BCUT2D eigenvalue weighted by molar-refractivity contribution is 5.92. The Hall–Kier alpha value is -1.55. The fourth-order valence-corrected chi connectivity index (χ4v) is 1.20. The summed E-state index contributed by atoms with van der Waals surface area (Å²) in [5.41, 5.74) is 8.05. The third-order valence-electron chi connectivity index (χ3n) is 2.18. The van der Waals surface area contributed by atoms with Crippen molar-refractivity contribution in [2.24, 2.45) is 0 Å². The molecule has 0 atom stereocenters. The van der Waals surface area contributed by atoms with E-state index in [2.05, 4.69) is 5.32 Å². The van der Waals surface area contributed by atoms with Gasteiger partial charge in [0.25, 0.3) is 0 Å². The molecular formula is C11H16N2O2. The van der Waals surface area contributed by atoms with Crippen LogP contribution in [0.1, 0.15) is 12.0 Å². The van der Waals surface area contributed by atoms with Gasteiger partial charge in [0.1, 0.15) is 0 Å². The molecule has 1 aromatic carbocycles. The van der Waals surface area contributed by atoms with Gasteiger partial charge in [-0.2, -0.15) is 0 Å². The van der Waals surface area contributed by atoms with Gasteiger partial charge in [0.15, 0.2) is 0 Å². The summed E-state index contributed by atoms with van der Waals surface area (Å²) in [6.07, 6.45) is 0.352. The molecule has 0 saturated carbocycles. The third kappa shape index (κ3) is 3.25. The van der Waals surface area contributed by atoms with Gasteiger partial charge in [-0.05, 0) is 24.6 Å². The van der Waals surface area contributed by atoms with Crippen molar-refractivity contribution < 1.29 is 9.53 Å². The summed E-state index contributed by atoms with van der Waals surface area (Å²) in [7, 11) is 1.57. The van der Waals surface area contributed by atoms with Crippen LogP contribution < -0.4 is 11.1 Å². The van der Waals surface area contributed by atoms with Gasteiger partial charge in [0.05, 0.1) is 13.0 Å². The molecule has 0 aliphatic rings. The molecule has 1 amide bonds. The zero-order valence-electron chi connectivity index (χ0n) is 9.04. The van der Waals surface area contributed by atoms with E-state index in [-0.39, 0.29) is 5.91 Å². The summed E-state index contributed by atoms with van der Waals surface area (Å²) >= 11 is 0. The molecule has 0 spiro atoms. The van der Waals surface area contributed by atoms with Crippen molar-refractivity contribution in [2.75, 3.05) is 24.8 Å². The number of ether oxygens (including phenoxy) is 1. The van der Waals surface area contributed by atoms with E-state index in [9.17, 15) is 4.79 Å². The van der Waals surface area contributed by atoms with Crippen molar-refractivity contribution in [3.8, 4) is 0 Å². The van der Waals surface area contributed by atoms with E-state index in [0.29, 0.717) is 18.7 Å². The molecule has 0 bridgehead atoms. The minimum absolute atomic E-state index is 0.0643. The summed E-state index contributed by atoms with van der Waals surface area (Å²) < 4.78 is 4.82. The number of amides is 1. The van der Waals surface area contributed by atoms with Crippen molar-refractivity contribution in [3.05, 3.63) is 23.8 Å². The first-order valence-electron chi connectivity index (χ1n) is 4.79. The molecule has 1 aromatic rings. The average Bonchev–Trinajstić information content (AvgIpc) is 2.22. The van der Waals surface area contributed by atoms with Crippen molar-refractivity contribution >= 4 is 17.3 Å². The van der Waals surface area contributed by atoms with Crippen LogP contribution in [-0.4, -0.2) is 19.6 Å². The first-order valence-corrected chi connectivity index (χ1v) is 4.79. The van der Waals surface area contributed by atoms with Gasteiger partial charge >= 0.3 is 0 Å². The van der Waals surface area contributed by atoms with Crippen molar-refractivity contribution in [1.82, 2.24) is 0 Å². The highest BCUT2D eigenvalue weighted by atomic mass is 16.5. The van der Waals surface area contributed by atoms with E-state index < -0.39 is 0 Å². The van der Waals surface area contributed by atoms with E-state index in [0.717, 1.165) is 11.3 Å². The van der Waals surface area contributed by atoms with Crippen molar-refractivity contribution in [1.29, 1.82) is 0 Å². The summed E-state index contributed by atoms with van der Waals surface area (Å²) in [5, 5.41) is 2.79. The highest BCUT2D eigenvalue weighted by Crippen LogP contribution is 2.20. The molecule has 0 aliphatic carbocycles. The quantitative estimate of drug-likeness (QED) is 0.738. The normalized spacial score (nSPS) is 10.0. The lowest BCUT2D eigenvalue weighted by Crippen LogP contribution is -2.14. The predicted molar refractivity (Wildman–Crippen MR) is 60.7 cm³/mol.